The second-order valence-corrected chi connectivity index (χ2v) is 6.54. The molecule has 0 aliphatic heterocycles. The quantitative estimate of drug-likeness (QED) is 0.300. The van der Waals surface area contributed by atoms with Gasteiger partial charge in [-0.3, -0.25) is 4.98 Å². The molecule has 9 heteroatoms. The van der Waals surface area contributed by atoms with Gasteiger partial charge >= 0.3 is 0 Å². The Kier molecular flexibility index (Phi) is 5.97. The largest absolute Gasteiger partial charge is 0.361 e. The van der Waals surface area contributed by atoms with Crippen molar-refractivity contribution in [2.45, 2.75) is 13.5 Å². The fourth-order valence-corrected chi connectivity index (χ4v) is 2.80. The van der Waals surface area contributed by atoms with Crippen LogP contribution in [-0.4, -0.2) is 21.1 Å². The summed E-state index contributed by atoms with van der Waals surface area (Å²) < 4.78 is 10.1. The lowest BCUT2D eigenvalue weighted by atomic mass is 10.2. The number of nitrogens with zero attached hydrogens (tertiary/aromatic N) is 4. The van der Waals surface area contributed by atoms with E-state index in [0.717, 1.165) is 21.3 Å². The van der Waals surface area contributed by atoms with Crippen LogP contribution in [0.4, 0.5) is 11.5 Å². The molecule has 0 atom stereocenters. The summed E-state index contributed by atoms with van der Waals surface area (Å²) in [6, 6.07) is 9.82. The summed E-state index contributed by atoms with van der Waals surface area (Å²) in [7, 11) is 0. The minimum atomic E-state index is 0.509. The molecule has 0 aliphatic rings. The van der Waals surface area contributed by atoms with Crippen molar-refractivity contribution in [1.82, 2.24) is 15.3 Å². The van der Waals surface area contributed by atoms with Crippen LogP contribution in [-0.2, 0) is 6.54 Å². The molecule has 1 aromatic carbocycles. The topological polar surface area (TPSA) is 88.2 Å². The van der Waals surface area contributed by atoms with Crippen LogP contribution in [0.5, 0.6) is 0 Å². The summed E-state index contributed by atoms with van der Waals surface area (Å²) in [6.45, 7) is 2.59. The molecular weight excluding hydrogens is 499 g/mol. The van der Waals surface area contributed by atoms with E-state index in [9.17, 15) is 0 Å². The van der Waals surface area contributed by atoms with Crippen LogP contribution in [0.25, 0.3) is 0 Å². The van der Waals surface area contributed by atoms with Crippen molar-refractivity contribution in [3.8, 4) is 0 Å². The summed E-state index contributed by atoms with van der Waals surface area (Å²) in [4.78, 5) is 4.09. The van der Waals surface area contributed by atoms with E-state index in [1.165, 1.54) is 0 Å². The molecule has 0 amide bonds. The Morgan fingerprint density at radius 1 is 1.32 bits per heavy atom. The zero-order valence-electron chi connectivity index (χ0n) is 13.2. The SMILES string of the molecule is Cc1ccc(NC(=NI)c2nonc2NCc2cccnc2)cc1Br. The summed E-state index contributed by atoms with van der Waals surface area (Å²) in [5.41, 5.74) is 3.57. The second kappa shape index (κ2) is 8.39. The number of aromatic nitrogens is 3. The van der Waals surface area contributed by atoms with Crippen LogP contribution in [0, 0.1) is 6.92 Å². The van der Waals surface area contributed by atoms with Gasteiger partial charge < -0.3 is 10.6 Å². The molecule has 3 aromatic rings. The number of pyridine rings is 1. The Balaban J connectivity index is 1.75. The fourth-order valence-electron chi connectivity index (χ4n) is 2.08. The number of aryl methyl sites for hydroxylation is 1. The minimum Gasteiger partial charge on any atom is -0.361 e. The Bertz CT molecular complexity index is 883. The molecule has 2 N–H and O–H groups in total. The van der Waals surface area contributed by atoms with Gasteiger partial charge in [0.25, 0.3) is 0 Å². The molecule has 3 rings (SSSR count). The zero-order chi connectivity index (χ0) is 17.6. The molecule has 7 nitrogen and oxygen atoms in total. The van der Waals surface area contributed by atoms with Crippen LogP contribution in [0.2, 0.25) is 0 Å². The van der Waals surface area contributed by atoms with Gasteiger partial charge in [0.2, 0.25) is 5.82 Å². The highest BCUT2D eigenvalue weighted by Gasteiger charge is 2.17. The molecule has 0 bridgehead atoms. The molecule has 128 valence electrons. The Hall–Kier alpha value is -2.01. The number of hydrogen-bond acceptors (Lipinski definition) is 6. The lowest BCUT2D eigenvalue weighted by molar-refractivity contribution is 0.308. The number of halogens is 2. The molecule has 0 unspecified atom stereocenters. The average molecular weight is 513 g/mol. The maximum atomic E-state index is 4.89. The second-order valence-electron chi connectivity index (χ2n) is 5.20. The number of rotatable bonds is 5. The van der Waals surface area contributed by atoms with Crippen LogP contribution in [0.3, 0.4) is 0 Å². The molecule has 0 fully saturated rings. The van der Waals surface area contributed by atoms with E-state index < -0.39 is 0 Å². The predicted molar refractivity (Wildman–Crippen MR) is 109 cm³/mol. The van der Waals surface area contributed by atoms with Crippen molar-refractivity contribution >= 4 is 56.1 Å². The third-order valence-electron chi connectivity index (χ3n) is 3.41. The van der Waals surface area contributed by atoms with Gasteiger partial charge in [-0.05, 0) is 46.6 Å². The zero-order valence-corrected chi connectivity index (χ0v) is 16.9. The molecular formula is C16H14BrIN6O. The van der Waals surface area contributed by atoms with Gasteiger partial charge in [-0.15, -0.1) is 0 Å². The molecule has 0 spiro atoms. The average Bonchev–Trinajstić information content (AvgIpc) is 3.10. The maximum Gasteiger partial charge on any atom is 0.202 e. The van der Waals surface area contributed by atoms with Gasteiger partial charge in [-0.25, -0.2) is 4.63 Å². The summed E-state index contributed by atoms with van der Waals surface area (Å²) in [5.74, 6) is 1.06. The summed E-state index contributed by atoms with van der Waals surface area (Å²) >= 11 is 5.44. The first kappa shape index (κ1) is 17.8. The molecule has 25 heavy (non-hydrogen) atoms. The monoisotopic (exact) mass is 512 g/mol. The molecule has 0 saturated carbocycles. The Morgan fingerprint density at radius 2 is 2.20 bits per heavy atom. The van der Waals surface area contributed by atoms with Gasteiger partial charge in [-0.2, -0.15) is 3.21 Å². The third kappa shape index (κ3) is 4.54. The van der Waals surface area contributed by atoms with E-state index in [0.29, 0.717) is 23.9 Å². The van der Waals surface area contributed by atoms with Crippen molar-refractivity contribution in [2.24, 2.45) is 3.21 Å². The van der Waals surface area contributed by atoms with Crippen molar-refractivity contribution in [3.05, 3.63) is 64.0 Å². The van der Waals surface area contributed by atoms with Gasteiger partial charge in [0.1, 0.15) is 0 Å². The van der Waals surface area contributed by atoms with Crippen molar-refractivity contribution in [1.29, 1.82) is 0 Å². The van der Waals surface area contributed by atoms with Gasteiger partial charge in [-0.1, -0.05) is 28.1 Å². The lowest BCUT2D eigenvalue weighted by Crippen LogP contribution is -2.16. The molecule has 2 aromatic heterocycles. The van der Waals surface area contributed by atoms with E-state index in [-0.39, 0.29) is 0 Å². The predicted octanol–water partition coefficient (Wildman–Crippen LogP) is 4.36. The van der Waals surface area contributed by atoms with E-state index in [2.05, 4.69) is 45.1 Å². The fraction of sp³-hybridized carbons (Fsp3) is 0.125. The van der Waals surface area contributed by atoms with Gasteiger partial charge in [0, 0.05) is 29.1 Å². The highest BCUT2D eigenvalue weighted by molar-refractivity contribution is 14.1. The molecule has 2 heterocycles. The maximum absolute atomic E-state index is 4.89. The first-order valence-corrected chi connectivity index (χ1v) is 9.11. The van der Waals surface area contributed by atoms with Gasteiger partial charge in [0.05, 0.1) is 22.9 Å². The first-order chi connectivity index (χ1) is 12.2. The normalized spacial score (nSPS) is 11.4. The minimum absolute atomic E-state index is 0.509. The lowest BCUT2D eigenvalue weighted by Gasteiger charge is -2.09. The van der Waals surface area contributed by atoms with E-state index in [4.69, 9.17) is 4.63 Å². The Labute approximate surface area is 166 Å². The standard InChI is InChI=1S/C16H14BrIN6O/c1-10-4-5-12(7-13(10)17)21-16(22-18)14-15(24-25-23-14)20-9-11-3-2-6-19-8-11/h2-8H,9H2,1H3,(H,20,24)(H,21,22). The van der Waals surface area contributed by atoms with Gasteiger partial charge in [0.15, 0.2) is 11.5 Å². The number of nitrogens with one attached hydrogen (secondary N) is 2. The third-order valence-corrected chi connectivity index (χ3v) is 4.75. The number of amidine groups is 1. The smallest absolute Gasteiger partial charge is 0.202 e. The number of benzene rings is 1. The summed E-state index contributed by atoms with van der Waals surface area (Å²) in [5, 5.41) is 14.3. The Morgan fingerprint density at radius 3 is 2.92 bits per heavy atom. The molecule has 0 aliphatic carbocycles. The molecule has 0 radical (unpaired) electrons. The van der Waals surface area contributed by atoms with Crippen molar-refractivity contribution in [3.63, 3.8) is 0 Å². The van der Waals surface area contributed by atoms with E-state index >= 15 is 0 Å². The number of anilines is 2. The van der Waals surface area contributed by atoms with Crippen LogP contribution >= 0.6 is 38.8 Å². The van der Waals surface area contributed by atoms with E-state index in [1.54, 1.807) is 12.4 Å². The van der Waals surface area contributed by atoms with Crippen molar-refractivity contribution in [2.75, 3.05) is 10.6 Å². The van der Waals surface area contributed by atoms with Crippen molar-refractivity contribution < 1.29 is 4.63 Å². The van der Waals surface area contributed by atoms with Crippen LogP contribution in [0.15, 0.2) is 55.0 Å². The number of hydrogen-bond donors (Lipinski definition) is 2. The highest BCUT2D eigenvalue weighted by atomic mass is 127. The molecule has 0 saturated heterocycles. The highest BCUT2D eigenvalue weighted by Crippen LogP contribution is 2.22. The van der Waals surface area contributed by atoms with Crippen LogP contribution in [0.1, 0.15) is 16.8 Å². The van der Waals surface area contributed by atoms with E-state index in [1.807, 2.05) is 60.1 Å². The first-order valence-electron chi connectivity index (χ1n) is 7.35. The summed E-state index contributed by atoms with van der Waals surface area (Å²) in [6.07, 6.45) is 3.52. The van der Waals surface area contributed by atoms with Crippen LogP contribution < -0.4 is 10.6 Å².